The van der Waals surface area contributed by atoms with Crippen LogP contribution in [0.15, 0.2) is 23.5 Å². The molecule has 1 aromatic heterocycles. The number of amidine groups is 1. The number of hydrogen-bond acceptors (Lipinski definition) is 5. The Bertz CT molecular complexity index is 482. The van der Waals surface area contributed by atoms with E-state index in [1.165, 1.54) is 19.3 Å². The van der Waals surface area contributed by atoms with E-state index in [0.717, 1.165) is 12.1 Å². The molecule has 0 aromatic carbocycles. The monoisotopic (exact) mass is 277 g/mol. The lowest BCUT2D eigenvalue weighted by molar-refractivity contribution is 0.0598. The molecule has 1 aliphatic carbocycles. The van der Waals surface area contributed by atoms with Crippen molar-refractivity contribution < 1.29 is 5.21 Å². The first-order chi connectivity index (χ1) is 9.59. The van der Waals surface area contributed by atoms with Gasteiger partial charge in [0.2, 0.25) is 0 Å². The Balaban J connectivity index is 1.98. The summed E-state index contributed by atoms with van der Waals surface area (Å²) in [5.41, 5.74) is 7.39. The molecule has 0 spiro atoms. The summed E-state index contributed by atoms with van der Waals surface area (Å²) in [4.78, 5) is 6.47. The second kappa shape index (κ2) is 6.19. The molecule has 2 rings (SSSR count). The van der Waals surface area contributed by atoms with Crippen LogP contribution < -0.4 is 11.1 Å². The van der Waals surface area contributed by atoms with Crippen LogP contribution in [0.1, 0.15) is 30.5 Å². The first-order valence-corrected chi connectivity index (χ1v) is 6.89. The van der Waals surface area contributed by atoms with Crippen LogP contribution in [-0.4, -0.2) is 47.1 Å². The molecule has 0 amide bonds. The highest BCUT2D eigenvalue weighted by Gasteiger charge is 2.38. The lowest BCUT2D eigenvalue weighted by Gasteiger charge is -2.47. The number of aromatic nitrogens is 1. The Hall–Kier alpha value is -1.66. The minimum atomic E-state index is 0.0494. The molecule has 0 radical (unpaired) electrons. The topological polar surface area (TPSA) is 86.8 Å². The zero-order valence-corrected chi connectivity index (χ0v) is 12.1. The zero-order chi connectivity index (χ0) is 14.6. The summed E-state index contributed by atoms with van der Waals surface area (Å²) in [7, 11) is 4.26. The highest BCUT2D eigenvalue weighted by molar-refractivity contribution is 5.96. The van der Waals surface area contributed by atoms with Crippen LogP contribution in [-0.2, 0) is 6.54 Å². The summed E-state index contributed by atoms with van der Waals surface area (Å²) < 4.78 is 0. The summed E-state index contributed by atoms with van der Waals surface area (Å²) in [6.45, 7) is 1.60. The van der Waals surface area contributed by atoms with Crippen LogP contribution in [0.25, 0.3) is 0 Å². The van der Waals surface area contributed by atoms with Crippen molar-refractivity contribution in [2.24, 2.45) is 10.9 Å². The molecule has 0 atom stereocenters. The SMILES string of the molecule is CN(C)C1(CNCc2cccnc2/C(N)=N/O)CCC1. The van der Waals surface area contributed by atoms with Gasteiger partial charge in [-0.05, 0) is 45.0 Å². The quantitative estimate of drug-likeness (QED) is 0.309. The fraction of sp³-hybridized carbons (Fsp3) is 0.571. The molecule has 0 bridgehead atoms. The van der Waals surface area contributed by atoms with Gasteiger partial charge in [0.05, 0.1) is 0 Å². The molecule has 1 aliphatic rings. The van der Waals surface area contributed by atoms with E-state index in [9.17, 15) is 0 Å². The summed E-state index contributed by atoms with van der Waals surface area (Å²) in [6, 6.07) is 3.80. The van der Waals surface area contributed by atoms with Crippen molar-refractivity contribution >= 4 is 5.84 Å². The normalized spacial score (nSPS) is 18.1. The fourth-order valence-electron chi connectivity index (χ4n) is 2.66. The van der Waals surface area contributed by atoms with E-state index in [2.05, 4.69) is 34.5 Å². The minimum absolute atomic E-state index is 0.0494. The predicted octanol–water partition coefficient (Wildman–Crippen LogP) is 0.750. The van der Waals surface area contributed by atoms with Gasteiger partial charge in [0.25, 0.3) is 0 Å². The van der Waals surface area contributed by atoms with Gasteiger partial charge in [0.1, 0.15) is 5.69 Å². The lowest BCUT2D eigenvalue weighted by Crippen LogP contribution is -2.56. The van der Waals surface area contributed by atoms with Crippen LogP contribution in [0.5, 0.6) is 0 Å². The second-order valence-electron chi connectivity index (χ2n) is 5.57. The Morgan fingerprint density at radius 3 is 2.85 bits per heavy atom. The molecule has 6 heteroatoms. The van der Waals surface area contributed by atoms with Gasteiger partial charge in [-0.25, -0.2) is 0 Å². The van der Waals surface area contributed by atoms with E-state index in [1.807, 2.05) is 12.1 Å². The van der Waals surface area contributed by atoms with Crippen LogP contribution in [0.2, 0.25) is 0 Å². The van der Waals surface area contributed by atoms with Gasteiger partial charge in [-0.1, -0.05) is 11.2 Å². The maximum absolute atomic E-state index is 8.78. The Labute approximate surface area is 119 Å². The van der Waals surface area contributed by atoms with Gasteiger partial charge < -0.3 is 21.2 Å². The largest absolute Gasteiger partial charge is 0.409 e. The van der Waals surface area contributed by atoms with Gasteiger partial charge in [-0.15, -0.1) is 0 Å². The van der Waals surface area contributed by atoms with Crippen LogP contribution >= 0.6 is 0 Å². The van der Waals surface area contributed by atoms with E-state index in [-0.39, 0.29) is 11.4 Å². The van der Waals surface area contributed by atoms with Crippen LogP contribution in [0.4, 0.5) is 0 Å². The van der Waals surface area contributed by atoms with Crippen LogP contribution in [0.3, 0.4) is 0 Å². The standard InChI is InChI=1S/C14H23N5O/c1-19(2)14(6-4-7-14)10-16-9-11-5-3-8-17-12(11)13(15)18-20/h3,5,8,16,20H,4,6-7,9-10H2,1-2H3,(H2,15,18). The molecule has 4 N–H and O–H groups in total. The minimum Gasteiger partial charge on any atom is -0.409 e. The molecule has 1 heterocycles. The summed E-state index contributed by atoms with van der Waals surface area (Å²) in [5, 5.41) is 15.3. The number of nitrogens with zero attached hydrogens (tertiary/aromatic N) is 3. The van der Waals surface area contributed by atoms with Crippen LogP contribution in [0, 0.1) is 0 Å². The molecule has 0 saturated heterocycles. The van der Waals surface area contributed by atoms with E-state index in [1.54, 1.807) is 6.20 Å². The summed E-state index contributed by atoms with van der Waals surface area (Å²) in [5.74, 6) is 0.0494. The third kappa shape index (κ3) is 2.91. The molecule has 20 heavy (non-hydrogen) atoms. The Kier molecular flexibility index (Phi) is 4.57. The van der Waals surface area contributed by atoms with Gasteiger partial charge in [-0.3, -0.25) is 4.98 Å². The highest BCUT2D eigenvalue weighted by Crippen LogP contribution is 2.35. The molecule has 1 fully saturated rings. The van der Waals surface area contributed by atoms with E-state index < -0.39 is 0 Å². The molecule has 6 nitrogen and oxygen atoms in total. The number of oxime groups is 1. The smallest absolute Gasteiger partial charge is 0.189 e. The number of nitrogens with two attached hydrogens (primary N) is 1. The molecular formula is C14H23N5O. The molecule has 1 saturated carbocycles. The summed E-state index contributed by atoms with van der Waals surface area (Å²) >= 11 is 0. The van der Waals surface area contributed by atoms with Crippen molar-refractivity contribution in [2.75, 3.05) is 20.6 Å². The van der Waals surface area contributed by atoms with Crippen molar-refractivity contribution in [2.45, 2.75) is 31.3 Å². The lowest BCUT2D eigenvalue weighted by atomic mass is 9.75. The van der Waals surface area contributed by atoms with Crippen molar-refractivity contribution in [3.63, 3.8) is 0 Å². The number of nitrogens with one attached hydrogen (secondary N) is 1. The molecule has 0 aliphatic heterocycles. The van der Waals surface area contributed by atoms with Crippen molar-refractivity contribution in [3.05, 3.63) is 29.6 Å². The first-order valence-electron chi connectivity index (χ1n) is 6.89. The Morgan fingerprint density at radius 2 is 2.30 bits per heavy atom. The van der Waals surface area contributed by atoms with Gasteiger partial charge in [0.15, 0.2) is 5.84 Å². The number of pyridine rings is 1. The van der Waals surface area contributed by atoms with Crippen molar-refractivity contribution in [1.82, 2.24) is 15.2 Å². The number of likely N-dealkylation sites (N-methyl/N-ethyl adjacent to an activating group) is 1. The molecule has 0 unspecified atom stereocenters. The highest BCUT2D eigenvalue weighted by atomic mass is 16.4. The maximum atomic E-state index is 8.78. The third-order valence-electron chi connectivity index (χ3n) is 4.24. The second-order valence-corrected chi connectivity index (χ2v) is 5.57. The molecule has 110 valence electrons. The third-order valence-corrected chi connectivity index (χ3v) is 4.24. The average Bonchev–Trinajstić information content (AvgIpc) is 2.41. The van der Waals surface area contributed by atoms with E-state index in [4.69, 9.17) is 10.9 Å². The van der Waals surface area contributed by atoms with Gasteiger partial charge >= 0.3 is 0 Å². The molecular weight excluding hydrogens is 254 g/mol. The molecule has 1 aromatic rings. The first kappa shape index (κ1) is 14.7. The zero-order valence-electron chi connectivity index (χ0n) is 12.1. The maximum Gasteiger partial charge on any atom is 0.189 e. The predicted molar refractivity (Wildman–Crippen MR) is 78.7 cm³/mol. The van der Waals surface area contributed by atoms with Crippen molar-refractivity contribution in [1.29, 1.82) is 0 Å². The van der Waals surface area contributed by atoms with E-state index in [0.29, 0.717) is 12.2 Å². The van der Waals surface area contributed by atoms with Gasteiger partial charge in [0, 0.05) is 24.8 Å². The van der Waals surface area contributed by atoms with Crippen molar-refractivity contribution in [3.8, 4) is 0 Å². The van der Waals surface area contributed by atoms with E-state index >= 15 is 0 Å². The van der Waals surface area contributed by atoms with Gasteiger partial charge in [-0.2, -0.15) is 0 Å². The number of hydrogen-bond donors (Lipinski definition) is 3. The average molecular weight is 277 g/mol. The fourth-order valence-corrected chi connectivity index (χ4v) is 2.66. The summed E-state index contributed by atoms with van der Waals surface area (Å²) in [6.07, 6.45) is 5.40. The Morgan fingerprint density at radius 1 is 1.55 bits per heavy atom. The number of rotatable bonds is 6.